The monoisotopic (exact) mass is 292 g/mol. The molecule has 106 valence electrons. The van der Waals surface area contributed by atoms with Gasteiger partial charge in [-0.15, -0.1) is 11.8 Å². The lowest BCUT2D eigenvalue weighted by Crippen LogP contribution is -2.10. The summed E-state index contributed by atoms with van der Waals surface area (Å²) in [6, 6.07) is 3.04. The molecule has 0 atom stereocenters. The standard InChI is InChI=1S/C13H15F3O2S/c1-3-4-7-18-12(17)10-6-5-9(13(14,15)16)8-11(10)19-2/h5-6,8H,3-4,7H2,1-2H3. The van der Waals surface area contributed by atoms with E-state index in [0.717, 1.165) is 36.7 Å². The van der Waals surface area contributed by atoms with Crippen molar-refractivity contribution in [1.82, 2.24) is 0 Å². The quantitative estimate of drug-likeness (QED) is 0.457. The lowest BCUT2D eigenvalue weighted by atomic mass is 10.1. The van der Waals surface area contributed by atoms with Gasteiger partial charge in [-0.3, -0.25) is 0 Å². The maximum Gasteiger partial charge on any atom is 0.416 e. The van der Waals surface area contributed by atoms with Crippen LogP contribution >= 0.6 is 11.8 Å². The maximum absolute atomic E-state index is 12.6. The second-order valence-electron chi connectivity index (χ2n) is 3.90. The van der Waals surface area contributed by atoms with Crippen LogP contribution in [0.4, 0.5) is 13.2 Å². The molecule has 0 bridgehead atoms. The third-order valence-corrected chi connectivity index (χ3v) is 3.26. The van der Waals surface area contributed by atoms with Crippen molar-refractivity contribution in [3.63, 3.8) is 0 Å². The SMILES string of the molecule is CCCCOC(=O)c1ccc(C(F)(F)F)cc1SC. The van der Waals surface area contributed by atoms with Crippen LogP contribution in [0.5, 0.6) is 0 Å². The Labute approximate surface area is 114 Å². The van der Waals surface area contributed by atoms with Crippen molar-refractivity contribution in [2.24, 2.45) is 0 Å². The zero-order chi connectivity index (χ0) is 14.5. The topological polar surface area (TPSA) is 26.3 Å². The number of thioether (sulfide) groups is 1. The first-order valence-electron chi connectivity index (χ1n) is 5.82. The largest absolute Gasteiger partial charge is 0.462 e. The van der Waals surface area contributed by atoms with Gasteiger partial charge in [-0.25, -0.2) is 4.79 Å². The maximum atomic E-state index is 12.6. The van der Waals surface area contributed by atoms with E-state index in [9.17, 15) is 18.0 Å². The van der Waals surface area contributed by atoms with E-state index in [4.69, 9.17) is 4.74 Å². The fourth-order valence-corrected chi connectivity index (χ4v) is 2.04. The van der Waals surface area contributed by atoms with E-state index in [2.05, 4.69) is 0 Å². The fourth-order valence-electron chi connectivity index (χ4n) is 1.42. The Morgan fingerprint density at radius 2 is 2.05 bits per heavy atom. The van der Waals surface area contributed by atoms with E-state index in [-0.39, 0.29) is 17.1 Å². The van der Waals surface area contributed by atoms with Gasteiger partial charge in [-0.2, -0.15) is 13.2 Å². The van der Waals surface area contributed by atoms with Gasteiger partial charge >= 0.3 is 12.1 Å². The van der Waals surface area contributed by atoms with Crippen molar-refractivity contribution in [2.45, 2.75) is 30.8 Å². The Balaban J connectivity index is 2.93. The second-order valence-corrected chi connectivity index (χ2v) is 4.75. The number of esters is 1. The number of hydrogen-bond acceptors (Lipinski definition) is 3. The first kappa shape index (κ1) is 15.9. The molecule has 0 spiro atoms. The summed E-state index contributed by atoms with van der Waals surface area (Å²) in [5.41, 5.74) is -0.585. The highest BCUT2D eigenvalue weighted by molar-refractivity contribution is 7.98. The lowest BCUT2D eigenvalue weighted by Gasteiger charge is -2.11. The first-order chi connectivity index (χ1) is 8.90. The summed E-state index contributed by atoms with van der Waals surface area (Å²) in [7, 11) is 0. The Hall–Kier alpha value is -1.17. The van der Waals surface area contributed by atoms with E-state index in [1.807, 2.05) is 6.92 Å². The first-order valence-corrected chi connectivity index (χ1v) is 7.05. The van der Waals surface area contributed by atoms with Gasteiger partial charge in [0.05, 0.1) is 17.7 Å². The van der Waals surface area contributed by atoms with Crippen LogP contribution in [-0.2, 0) is 10.9 Å². The van der Waals surface area contributed by atoms with Gasteiger partial charge in [0, 0.05) is 4.90 Å². The average Bonchev–Trinajstić information content (AvgIpc) is 2.37. The zero-order valence-electron chi connectivity index (χ0n) is 10.7. The number of hydrogen-bond donors (Lipinski definition) is 0. The predicted octanol–water partition coefficient (Wildman–Crippen LogP) is 4.38. The van der Waals surface area contributed by atoms with Gasteiger partial charge in [-0.05, 0) is 30.9 Å². The molecule has 0 radical (unpaired) electrons. The summed E-state index contributed by atoms with van der Waals surface area (Å²) in [6.45, 7) is 2.24. The molecule has 0 aliphatic rings. The van der Waals surface area contributed by atoms with E-state index >= 15 is 0 Å². The number of halogens is 3. The zero-order valence-corrected chi connectivity index (χ0v) is 11.5. The van der Waals surface area contributed by atoms with Crippen molar-refractivity contribution in [3.05, 3.63) is 29.3 Å². The van der Waals surface area contributed by atoms with Crippen molar-refractivity contribution in [1.29, 1.82) is 0 Å². The average molecular weight is 292 g/mol. The molecule has 0 saturated heterocycles. The molecule has 1 rings (SSSR count). The molecule has 0 unspecified atom stereocenters. The minimum Gasteiger partial charge on any atom is -0.462 e. The highest BCUT2D eigenvalue weighted by atomic mass is 32.2. The Kier molecular flexibility index (Phi) is 5.72. The number of ether oxygens (including phenoxy) is 1. The molecule has 1 aromatic carbocycles. The van der Waals surface area contributed by atoms with Crippen LogP contribution in [0, 0.1) is 0 Å². The number of unbranched alkanes of at least 4 members (excludes halogenated alkanes) is 1. The summed E-state index contributed by atoms with van der Waals surface area (Å²) >= 11 is 1.09. The van der Waals surface area contributed by atoms with E-state index in [1.165, 1.54) is 6.07 Å². The molecule has 0 amide bonds. The summed E-state index contributed by atoms with van der Waals surface area (Å²) in [5, 5.41) is 0. The normalized spacial score (nSPS) is 11.4. The minimum atomic E-state index is -4.41. The lowest BCUT2D eigenvalue weighted by molar-refractivity contribution is -0.137. The third-order valence-electron chi connectivity index (χ3n) is 2.48. The number of carbonyl (C=O) groups excluding carboxylic acids is 1. The van der Waals surface area contributed by atoms with Crippen LogP contribution in [0.3, 0.4) is 0 Å². The van der Waals surface area contributed by atoms with Gasteiger partial charge in [-0.1, -0.05) is 13.3 Å². The predicted molar refractivity (Wildman–Crippen MR) is 68.4 cm³/mol. The molecule has 0 N–H and O–H groups in total. The van der Waals surface area contributed by atoms with Gasteiger partial charge < -0.3 is 4.74 Å². The molecule has 0 aliphatic carbocycles. The second kappa shape index (κ2) is 6.84. The third kappa shape index (κ3) is 4.45. The molecule has 2 nitrogen and oxygen atoms in total. The summed E-state index contributed by atoms with van der Waals surface area (Å²) in [5.74, 6) is -0.577. The van der Waals surface area contributed by atoms with E-state index in [0.29, 0.717) is 0 Å². The van der Waals surface area contributed by atoms with Gasteiger partial charge in [0.25, 0.3) is 0 Å². The smallest absolute Gasteiger partial charge is 0.416 e. The van der Waals surface area contributed by atoms with E-state index in [1.54, 1.807) is 6.26 Å². The van der Waals surface area contributed by atoms with Crippen molar-refractivity contribution in [3.8, 4) is 0 Å². The van der Waals surface area contributed by atoms with Crippen LogP contribution in [0.1, 0.15) is 35.7 Å². The molecule has 0 heterocycles. The van der Waals surface area contributed by atoms with Gasteiger partial charge in [0.1, 0.15) is 0 Å². The summed E-state index contributed by atoms with van der Waals surface area (Å²) in [6.07, 6.45) is -1.16. The fraction of sp³-hybridized carbons (Fsp3) is 0.462. The molecule has 0 aliphatic heterocycles. The Morgan fingerprint density at radius 1 is 1.37 bits per heavy atom. The number of benzene rings is 1. The van der Waals surface area contributed by atoms with Crippen LogP contribution < -0.4 is 0 Å². The van der Waals surface area contributed by atoms with Crippen LogP contribution in [0.15, 0.2) is 23.1 Å². The summed E-state index contributed by atoms with van der Waals surface area (Å²) < 4.78 is 42.7. The summed E-state index contributed by atoms with van der Waals surface area (Å²) in [4.78, 5) is 12.0. The molecule has 0 saturated carbocycles. The number of alkyl halides is 3. The Morgan fingerprint density at radius 3 is 2.58 bits per heavy atom. The molecule has 1 aromatic rings. The number of rotatable bonds is 5. The van der Waals surface area contributed by atoms with E-state index < -0.39 is 17.7 Å². The minimum absolute atomic E-state index is 0.177. The number of carbonyl (C=O) groups is 1. The van der Waals surface area contributed by atoms with Gasteiger partial charge in [0.2, 0.25) is 0 Å². The van der Waals surface area contributed by atoms with Crippen molar-refractivity contribution in [2.75, 3.05) is 12.9 Å². The van der Waals surface area contributed by atoms with Gasteiger partial charge in [0.15, 0.2) is 0 Å². The van der Waals surface area contributed by atoms with Crippen LogP contribution in [-0.4, -0.2) is 18.8 Å². The molecule has 0 aromatic heterocycles. The molecule has 19 heavy (non-hydrogen) atoms. The Bertz CT molecular complexity index is 444. The molecule has 0 fully saturated rings. The van der Waals surface area contributed by atoms with Crippen molar-refractivity contribution >= 4 is 17.7 Å². The van der Waals surface area contributed by atoms with Crippen molar-refractivity contribution < 1.29 is 22.7 Å². The molecular weight excluding hydrogens is 277 g/mol. The molecular formula is C13H15F3O2S. The highest BCUT2D eigenvalue weighted by Gasteiger charge is 2.31. The van der Waals surface area contributed by atoms with Crippen LogP contribution in [0.2, 0.25) is 0 Å². The highest BCUT2D eigenvalue weighted by Crippen LogP contribution is 2.33. The molecule has 6 heteroatoms. The van der Waals surface area contributed by atoms with Crippen LogP contribution in [0.25, 0.3) is 0 Å².